The molecule has 1 aliphatic heterocycles. The average Bonchev–Trinajstić information content (AvgIpc) is 2.79. The van der Waals surface area contributed by atoms with E-state index < -0.39 is 17.9 Å². The molecule has 0 radical (unpaired) electrons. The SMILES string of the molecule is Cc1ccccc1OC[C@H](O)CN1C(=O)c2cc(Cl)c(Cl)cc2C1=O. The molecule has 7 heteroatoms. The molecular formula is C18H15Cl2NO4. The molecule has 3 rings (SSSR count). The van der Waals surface area contributed by atoms with E-state index in [1.165, 1.54) is 12.1 Å². The highest BCUT2D eigenvalue weighted by Gasteiger charge is 2.37. The Kier molecular flexibility index (Phi) is 4.99. The zero-order valence-corrected chi connectivity index (χ0v) is 14.8. The molecule has 0 saturated heterocycles. The molecule has 0 unspecified atom stereocenters. The number of aliphatic hydroxyl groups is 1. The summed E-state index contributed by atoms with van der Waals surface area (Å²) in [4.78, 5) is 25.7. The third-order valence-corrected chi connectivity index (χ3v) is 4.65. The summed E-state index contributed by atoms with van der Waals surface area (Å²) in [6, 6.07) is 10.1. The van der Waals surface area contributed by atoms with Crippen molar-refractivity contribution in [2.45, 2.75) is 13.0 Å². The van der Waals surface area contributed by atoms with Gasteiger partial charge in [0.2, 0.25) is 0 Å². The summed E-state index contributed by atoms with van der Waals surface area (Å²) in [5.41, 5.74) is 1.30. The van der Waals surface area contributed by atoms with Crippen molar-refractivity contribution in [3.05, 3.63) is 63.1 Å². The molecule has 1 N–H and O–H groups in total. The Labute approximate surface area is 154 Å². The molecular weight excluding hydrogens is 365 g/mol. The fourth-order valence-electron chi connectivity index (χ4n) is 2.62. The first-order chi connectivity index (χ1) is 11.9. The topological polar surface area (TPSA) is 66.8 Å². The number of β-amino-alcohol motifs (C(OH)–C–C–N with tert-alkyl or cyclic N) is 1. The Morgan fingerprint density at radius 3 is 2.20 bits per heavy atom. The first-order valence-electron chi connectivity index (χ1n) is 7.60. The Bertz CT molecular complexity index is 812. The maximum atomic E-state index is 12.4. The van der Waals surface area contributed by atoms with Crippen LogP contribution >= 0.6 is 23.2 Å². The maximum Gasteiger partial charge on any atom is 0.261 e. The average molecular weight is 380 g/mol. The summed E-state index contributed by atoms with van der Waals surface area (Å²) >= 11 is 11.8. The smallest absolute Gasteiger partial charge is 0.261 e. The fraction of sp³-hybridized carbons (Fsp3) is 0.222. The highest BCUT2D eigenvalue weighted by molar-refractivity contribution is 6.43. The van der Waals surface area contributed by atoms with E-state index in [-0.39, 0.29) is 34.3 Å². The first-order valence-corrected chi connectivity index (χ1v) is 8.36. The number of hydrogen-bond acceptors (Lipinski definition) is 4. The highest BCUT2D eigenvalue weighted by Crippen LogP contribution is 2.31. The molecule has 0 saturated carbocycles. The Morgan fingerprint density at radius 1 is 1.08 bits per heavy atom. The van der Waals surface area contributed by atoms with Gasteiger partial charge in [0.1, 0.15) is 18.5 Å². The van der Waals surface area contributed by atoms with Gasteiger partial charge in [0.05, 0.1) is 27.7 Å². The summed E-state index contributed by atoms with van der Waals surface area (Å²) in [5, 5.41) is 10.6. The Hall–Kier alpha value is -2.08. The number of imide groups is 1. The predicted molar refractivity (Wildman–Crippen MR) is 94.5 cm³/mol. The number of carbonyl (C=O) groups excluding carboxylic acids is 2. The minimum atomic E-state index is -1.02. The minimum Gasteiger partial charge on any atom is -0.491 e. The zero-order valence-electron chi connectivity index (χ0n) is 13.3. The fourth-order valence-corrected chi connectivity index (χ4v) is 2.94. The van der Waals surface area contributed by atoms with E-state index in [2.05, 4.69) is 0 Å². The van der Waals surface area contributed by atoms with Crippen LogP contribution in [0.3, 0.4) is 0 Å². The van der Waals surface area contributed by atoms with E-state index in [0.29, 0.717) is 5.75 Å². The number of amides is 2. The van der Waals surface area contributed by atoms with Gasteiger partial charge in [-0.2, -0.15) is 0 Å². The van der Waals surface area contributed by atoms with Gasteiger partial charge in [0, 0.05) is 0 Å². The minimum absolute atomic E-state index is 0.0419. The monoisotopic (exact) mass is 379 g/mol. The van der Waals surface area contributed by atoms with Gasteiger partial charge in [0.25, 0.3) is 11.8 Å². The molecule has 0 aromatic heterocycles. The predicted octanol–water partition coefficient (Wildman–Crippen LogP) is 3.34. The van der Waals surface area contributed by atoms with Crippen molar-refractivity contribution < 1.29 is 19.4 Å². The van der Waals surface area contributed by atoms with E-state index in [1.807, 2.05) is 25.1 Å². The summed E-state index contributed by atoms with van der Waals surface area (Å²) in [6.45, 7) is 1.67. The second-order valence-corrected chi connectivity index (χ2v) is 6.58. The number of benzene rings is 2. The number of carbonyl (C=O) groups is 2. The van der Waals surface area contributed by atoms with E-state index in [4.69, 9.17) is 27.9 Å². The number of aryl methyl sites for hydroxylation is 1. The van der Waals surface area contributed by atoms with Crippen LogP contribution in [0, 0.1) is 6.92 Å². The van der Waals surface area contributed by atoms with Crippen LogP contribution in [0.4, 0.5) is 0 Å². The van der Waals surface area contributed by atoms with E-state index in [9.17, 15) is 14.7 Å². The summed E-state index contributed by atoms with van der Waals surface area (Å²) in [7, 11) is 0. The summed E-state index contributed by atoms with van der Waals surface area (Å²) < 4.78 is 5.55. The molecule has 2 aromatic rings. The van der Waals surface area contributed by atoms with Crippen LogP contribution in [0.15, 0.2) is 36.4 Å². The molecule has 1 atom stereocenters. The lowest BCUT2D eigenvalue weighted by Crippen LogP contribution is -2.39. The van der Waals surface area contributed by atoms with Crippen LogP contribution < -0.4 is 4.74 Å². The van der Waals surface area contributed by atoms with Gasteiger partial charge in [-0.1, -0.05) is 41.4 Å². The van der Waals surface area contributed by atoms with Gasteiger partial charge < -0.3 is 9.84 Å². The van der Waals surface area contributed by atoms with Crippen LogP contribution in [-0.2, 0) is 0 Å². The van der Waals surface area contributed by atoms with Crippen molar-refractivity contribution in [3.63, 3.8) is 0 Å². The molecule has 2 amide bonds. The van der Waals surface area contributed by atoms with Crippen LogP contribution in [0.25, 0.3) is 0 Å². The van der Waals surface area contributed by atoms with Gasteiger partial charge in [0.15, 0.2) is 0 Å². The Morgan fingerprint density at radius 2 is 1.64 bits per heavy atom. The standard InChI is InChI=1S/C18H15Cl2NO4/c1-10-4-2-3-5-16(10)25-9-11(22)8-21-17(23)12-6-14(19)15(20)7-13(12)18(21)24/h2-7,11,22H,8-9H2,1H3/t11-/m1/s1. The van der Waals surface area contributed by atoms with Crippen LogP contribution in [0.5, 0.6) is 5.75 Å². The summed E-state index contributed by atoms with van der Waals surface area (Å²) in [5.74, 6) is -0.371. The number of rotatable bonds is 5. The van der Waals surface area contributed by atoms with Crippen LogP contribution in [-0.4, -0.2) is 41.1 Å². The first kappa shape index (κ1) is 17.7. The van der Waals surface area contributed by atoms with Gasteiger partial charge in [-0.05, 0) is 30.7 Å². The zero-order chi connectivity index (χ0) is 18.1. The van der Waals surface area contributed by atoms with E-state index in [1.54, 1.807) is 6.07 Å². The molecule has 25 heavy (non-hydrogen) atoms. The normalized spacial score (nSPS) is 14.6. The number of aliphatic hydroxyl groups excluding tert-OH is 1. The molecule has 130 valence electrons. The van der Waals surface area contributed by atoms with Crippen molar-refractivity contribution in [1.29, 1.82) is 0 Å². The lowest BCUT2D eigenvalue weighted by Gasteiger charge is -2.19. The molecule has 0 fully saturated rings. The van der Waals surface area contributed by atoms with Crippen LogP contribution in [0.2, 0.25) is 10.0 Å². The van der Waals surface area contributed by atoms with Crippen molar-refractivity contribution in [3.8, 4) is 5.75 Å². The second kappa shape index (κ2) is 7.04. The largest absolute Gasteiger partial charge is 0.491 e. The second-order valence-electron chi connectivity index (χ2n) is 5.76. The number of ether oxygens (including phenoxy) is 1. The number of para-hydroxylation sites is 1. The molecule has 1 heterocycles. The van der Waals surface area contributed by atoms with Crippen LogP contribution in [0.1, 0.15) is 26.3 Å². The highest BCUT2D eigenvalue weighted by atomic mass is 35.5. The lowest BCUT2D eigenvalue weighted by molar-refractivity contribution is 0.0456. The van der Waals surface area contributed by atoms with E-state index in [0.717, 1.165) is 10.5 Å². The van der Waals surface area contributed by atoms with Gasteiger partial charge >= 0.3 is 0 Å². The van der Waals surface area contributed by atoms with Crippen molar-refractivity contribution in [1.82, 2.24) is 4.90 Å². The van der Waals surface area contributed by atoms with Gasteiger partial charge in [-0.3, -0.25) is 14.5 Å². The van der Waals surface area contributed by atoms with Gasteiger partial charge in [-0.15, -0.1) is 0 Å². The van der Waals surface area contributed by atoms with Crippen molar-refractivity contribution >= 4 is 35.0 Å². The molecule has 2 aromatic carbocycles. The lowest BCUT2D eigenvalue weighted by atomic mass is 10.1. The number of fused-ring (bicyclic) bond motifs is 1. The number of halogens is 2. The maximum absolute atomic E-state index is 12.4. The quantitative estimate of drug-likeness (QED) is 0.808. The number of nitrogens with zero attached hydrogens (tertiary/aromatic N) is 1. The molecule has 5 nitrogen and oxygen atoms in total. The molecule has 1 aliphatic rings. The van der Waals surface area contributed by atoms with E-state index >= 15 is 0 Å². The Balaban J connectivity index is 1.68. The summed E-state index contributed by atoms with van der Waals surface area (Å²) in [6.07, 6.45) is -1.02. The molecule has 0 bridgehead atoms. The van der Waals surface area contributed by atoms with Gasteiger partial charge in [-0.25, -0.2) is 0 Å². The molecule has 0 aliphatic carbocycles. The van der Waals surface area contributed by atoms with Crippen molar-refractivity contribution in [2.24, 2.45) is 0 Å². The third-order valence-electron chi connectivity index (χ3n) is 3.93. The van der Waals surface area contributed by atoms with Crippen molar-refractivity contribution in [2.75, 3.05) is 13.2 Å². The third kappa shape index (κ3) is 3.49. The number of hydrogen-bond donors (Lipinski definition) is 1. The molecule has 0 spiro atoms.